The molecule has 10 heteroatoms. The number of carbonyl (C=O) groups is 2. The number of rotatable bonds is 6. The van der Waals surface area contributed by atoms with Crippen molar-refractivity contribution in [2.45, 2.75) is 25.9 Å². The second kappa shape index (κ2) is 9.04. The fourth-order valence-corrected chi connectivity index (χ4v) is 4.11. The van der Waals surface area contributed by atoms with Gasteiger partial charge in [0.15, 0.2) is 11.5 Å². The molecular weight excluding hydrogens is 431 g/mol. The van der Waals surface area contributed by atoms with E-state index in [-0.39, 0.29) is 40.6 Å². The Bertz CT molecular complexity index is 1030. The molecule has 3 rings (SSSR count). The zero-order valence-electron chi connectivity index (χ0n) is 16.4. The Morgan fingerprint density at radius 2 is 2.13 bits per heavy atom. The van der Waals surface area contributed by atoms with Crippen molar-refractivity contribution in [3.8, 4) is 6.07 Å². The number of pyridine rings is 1. The van der Waals surface area contributed by atoms with E-state index >= 15 is 0 Å². The van der Waals surface area contributed by atoms with Gasteiger partial charge in [0.05, 0.1) is 16.1 Å². The van der Waals surface area contributed by atoms with E-state index in [4.69, 9.17) is 33.2 Å². The largest absolute Gasteiger partial charge is 0.477 e. The van der Waals surface area contributed by atoms with Crippen LogP contribution in [-0.2, 0) is 4.74 Å². The second-order valence-corrected chi connectivity index (χ2v) is 7.92. The third kappa shape index (κ3) is 4.43. The Kier molecular flexibility index (Phi) is 6.66. The molecule has 2 aromatic rings. The van der Waals surface area contributed by atoms with E-state index in [1.165, 1.54) is 6.07 Å². The topological polar surface area (TPSA) is 119 Å². The van der Waals surface area contributed by atoms with E-state index in [1.54, 1.807) is 20.1 Å². The molecule has 1 aliphatic heterocycles. The maximum absolute atomic E-state index is 12.8. The van der Waals surface area contributed by atoms with E-state index in [1.807, 2.05) is 11.0 Å². The highest BCUT2D eigenvalue weighted by molar-refractivity contribution is 6.44. The van der Waals surface area contributed by atoms with Crippen molar-refractivity contribution in [1.82, 2.24) is 9.97 Å². The number of methoxy groups -OCH3 is 1. The third-order valence-corrected chi connectivity index (χ3v) is 6.24. The van der Waals surface area contributed by atoms with Gasteiger partial charge in [-0.3, -0.25) is 4.79 Å². The average molecular weight is 451 g/mol. The van der Waals surface area contributed by atoms with E-state index in [9.17, 15) is 14.7 Å². The summed E-state index contributed by atoms with van der Waals surface area (Å²) in [5, 5.41) is 19.0. The SMILES string of the molecule is COC1CN(c2cc(C#N)nc(C(=O)O)c2)CCC1CC(=O)c1[nH]c(C)c(Cl)c1Cl. The standard InChI is InChI=1S/C20H20Cl2N4O4/c1-10-17(21)18(22)19(24-10)15(27)5-11-3-4-26(9-16(11)30-2)13-6-12(8-23)25-14(7-13)20(28)29/h6-7,11,16,24H,3-5,9H2,1-2H3,(H,28,29). The van der Waals surface area contributed by atoms with E-state index in [0.717, 1.165) is 0 Å². The lowest BCUT2D eigenvalue weighted by atomic mass is 9.88. The lowest BCUT2D eigenvalue weighted by molar-refractivity contribution is 0.0375. The van der Waals surface area contributed by atoms with Crippen LogP contribution in [0, 0.1) is 24.2 Å². The van der Waals surface area contributed by atoms with Gasteiger partial charge < -0.3 is 19.7 Å². The summed E-state index contributed by atoms with van der Waals surface area (Å²) in [6.45, 7) is 2.77. The minimum atomic E-state index is -1.20. The Labute approximate surface area is 183 Å². The van der Waals surface area contributed by atoms with Crippen LogP contribution in [0.1, 0.15) is 45.2 Å². The number of ketones is 1. The molecule has 0 radical (unpaired) electrons. The number of aromatic amines is 1. The van der Waals surface area contributed by atoms with E-state index in [2.05, 4.69) is 9.97 Å². The number of piperidine rings is 1. The van der Waals surface area contributed by atoms with Gasteiger partial charge in [0.25, 0.3) is 0 Å². The number of carboxylic acids is 1. The number of carboxylic acid groups (broad SMARTS) is 1. The van der Waals surface area contributed by atoms with Gasteiger partial charge >= 0.3 is 5.97 Å². The first-order chi connectivity index (χ1) is 14.2. The molecule has 158 valence electrons. The van der Waals surface area contributed by atoms with Crippen LogP contribution in [0.15, 0.2) is 12.1 Å². The number of halogens is 2. The van der Waals surface area contributed by atoms with Crippen molar-refractivity contribution >= 4 is 40.6 Å². The molecule has 3 heterocycles. The van der Waals surface area contributed by atoms with Crippen molar-refractivity contribution < 1.29 is 19.4 Å². The lowest BCUT2D eigenvalue weighted by Crippen LogP contribution is -2.45. The summed E-state index contributed by atoms with van der Waals surface area (Å²) < 4.78 is 5.63. The normalized spacial score (nSPS) is 18.8. The number of carbonyl (C=O) groups excluding carboxylic acids is 1. The number of aromatic carboxylic acids is 1. The van der Waals surface area contributed by atoms with Crippen LogP contribution in [0.4, 0.5) is 5.69 Å². The smallest absolute Gasteiger partial charge is 0.354 e. The third-order valence-electron chi connectivity index (χ3n) is 5.29. The maximum Gasteiger partial charge on any atom is 0.354 e. The van der Waals surface area contributed by atoms with Crippen LogP contribution in [0.2, 0.25) is 10.0 Å². The number of nitrogens with one attached hydrogen (secondary N) is 1. The molecule has 0 aliphatic carbocycles. The number of hydrogen-bond acceptors (Lipinski definition) is 6. The molecular formula is C20H20Cl2N4O4. The molecule has 1 fully saturated rings. The molecule has 0 saturated carbocycles. The quantitative estimate of drug-likeness (QED) is 0.643. The minimum Gasteiger partial charge on any atom is -0.477 e. The highest BCUT2D eigenvalue weighted by Crippen LogP contribution is 2.33. The van der Waals surface area contributed by atoms with Crippen LogP contribution < -0.4 is 4.90 Å². The number of anilines is 1. The number of hydrogen-bond donors (Lipinski definition) is 2. The van der Waals surface area contributed by atoms with Crippen LogP contribution in [0.25, 0.3) is 0 Å². The first-order valence-corrected chi connectivity index (χ1v) is 10.0. The molecule has 30 heavy (non-hydrogen) atoms. The molecule has 0 spiro atoms. The number of Topliss-reactive ketones (excluding diaryl/α,β-unsaturated/α-hetero) is 1. The number of nitriles is 1. The summed E-state index contributed by atoms with van der Waals surface area (Å²) in [7, 11) is 1.57. The Hall–Kier alpha value is -2.60. The summed E-state index contributed by atoms with van der Waals surface area (Å²) in [6.07, 6.45) is 0.615. The second-order valence-electron chi connectivity index (χ2n) is 7.16. The van der Waals surface area contributed by atoms with Gasteiger partial charge in [0, 0.05) is 38.0 Å². The van der Waals surface area contributed by atoms with E-state index in [0.29, 0.717) is 41.6 Å². The van der Waals surface area contributed by atoms with Gasteiger partial charge in [-0.15, -0.1) is 0 Å². The summed E-state index contributed by atoms with van der Waals surface area (Å²) in [5.74, 6) is -1.39. The minimum absolute atomic E-state index is 0.0322. The number of nitrogens with zero attached hydrogens (tertiary/aromatic N) is 3. The molecule has 0 aromatic carbocycles. The number of aryl methyl sites for hydroxylation is 1. The summed E-state index contributed by atoms with van der Waals surface area (Å²) >= 11 is 12.2. The van der Waals surface area contributed by atoms with Gasteiger partial charge in [-0.1, -0.05) is 23.2 Å². The van der Waals surface area contributed by atoms with E-state index < -0.39 is 5.97 Å². The molecule has 2 unspecified atom stereocenters. The van der Waals surface area contributed by atoms with Gasteiger partial charge in [0.1, 0.15) is 17.5 Å². The fraction of sp³-hybridized carbons (Fsp3) is 0.400. The number of ether oxygens (including phenoxy) is 1. The molecule has 1 aliphatic rings. The van der Waals surface area contributed by atoms with Gasteiger partial charge in [-0.05, 0) is 31.4 Å². The monoisotopic (exact) mass is 450 g/mol. The summed E-state index contributed by atoms with van der Waals surface area (Å²) in [5.41, 5.74) is 1.37. The molecule has 0 bridgehead atoms. The van der Waals surface area contributed by atoms with Crippen LogP contribution in [0.3, 0.4) is 0 Å². The van der Waals surface area contributed by atoms with Crippen LogP contribution in [0.5, 0.6) is 0 Å². The van der Waals surface area contributed by atoms with Crippen molar-refractivity contribution in [3.05, 3.63) is 45.0 Å². The fourth-order valence-electron chi connectivity index (χ4n) is 3.67. The van der Waals surface area contributed by atoms with Crippen LogP contribution >= 0.6 is 23.2 Å². The zero-order chi connectivity index (χ0) is 22.0. The summed E-state index contributed by atoms with van der Waals surface area (Å²) in [4.78, 5) is 32.8. The Morgan fingerprint density at radius 3 is 2.70 bits per heavy atom. The van der Waals surface area contributed by atoms with Gasteiger partial charge in [0.2, 0.25) is 0 Å². The van der Waals surface area contributed by atoms with Crippen molar-refractivity contribution in [2.24, 2.45) is 5.92 Å². The molecule has 8 nitrogen and oxygen atoms in total. The number of H-pyrrole nitrogens is 1. The molecule has 1 saturated heterocycles. The highest BCUT2D eigenvalue weighted by Gasteiger charge is 2.33. The van der Waals surface area contributed by atoms with Crippen LogP contribution in [-0.4, -0.2) is 53.1 Å². The predicted octanol–water partition coefficient (Wildman–Crippen LogP) is 3.71. The molecule has 2 N–H and O–H groups in total. The zero-order valence-corrected chi connectivity index (χ0v) is 17.9. The first-order valence-electron chi connectivity index (χ1n) is 9.25. The average Bonchev–Trinajstić information content (AvgIpc) is 3.00. The highest BCUT2D eigenvalue weighted by atomic mass is 35.5. The van der Waals surface area contributed by atoms with Gasteiger partial charge in [-0.25, -0.2) is 9.78 Å². The Morgan fingerprint density at radius 1 is 1.40 bits per heavy atom. The summed E-state index contributed by atoms with van der Waals surface area (Å²) in [6, 6.07) is 4.87. The van der Waals surface area contributed by atoms with Gasteiger partial charge in [-0.2, -0.15) is 5.26 Å². The predicted molar refractivity (Wildman–Crippen MR) is 112 cm³/mol. The molecule has 0 amide bonds. The van der Waals surface area contributed by atoms with Crippen molar-refractivity contribution in [3.63, 3.8) is 0 Å². The number of aromatic nitrogens is 2. The first kappa shape index (κ1) is 22.1. The van der Waals surface area contributed by atoms with Crippen molar-refractivity contribution in [2.75, 3.05) is 25.1 Å². The molecule has 2 atom stereocenters. The molecule has 2 aromatic heterocycles. The Balaban J connectivity index is 1.76. The van der Waals surface area contributed by atoms with Crippen molar-refractivity contribution in [1.29, 1.82) is 5.26 Å². The lowest BCUT2D eigenvalue weighted by Gasteiger charge is -2.39. The maximum atomic E-state index is 12.8.